The number of methoxy groups -OCH3 is 1. The monoisotopic (exact) mass is 547 g/mol. The molecule has 210 valence electrons. The van der Waals surface area contributed by atoms with Crippen LogP contribution in [0.15, 0.2) is 48.5 Å². The Morgan fingerprint density at radius 3 is 2.39 bits per heavy atom. The summed E-state index contributed by atoms with van der Waals surface area (Å²) in [6, 6.07) is 13.5. The van der Waals surface area contributed by atoms with E-state index in [2.05, 4.69) is 5.32 Å². The summed E-state index contributed by atoms with van der Waals surface area (Å²) in [4.78, 5) is 27.9. The topological polar surface area (TPSA) is 105 Å². The Bertz CT molecular complexity index is 1170. The fourth-order valence-corrected chi connectivity index (χ4v) is 4.91. The van der Waals surface area contributed by atoms with Crippen LogP contribution >= 0.6 is 0 Å². The van der Waals surface area contributed by atoms with Gasteiger partial charge < -0.3 is 19.7 Å². The van der Waals surface area contributed by atoms with Crippen LogP contribution < -0.4 is 19.1 Å². The van der Waals surface area contributed by atoms with Crippen molar-refractivity contribution in [3.63, 3.8) is 0 Å². The van der Waals surface area contributed by atoms with Crippen LogP contribution in [-0.4, -0.2) is 63.7 Å². The van der Waals surface area contributed by atoms with Crippen molar-refractivity contribution in [2.45, 2.75) is 65.6 Å². The summed E-state index contributed by atoms with van der Waals surface area (Å²) in [7, 11) is -2.06. The lowest BCUT2D eigenvalue weighted by Crippen LogP contribution is -2.49. The lowest BCUT2D eigenvalue weighted by Gasteiger charge is -2.30. The molecule has 0 aromatic heterocycles. The van der Waals surface area contributed by atoms with Crippen molar-refractivity contribution < 1.29 is 27.5 Å². The molecule has 0 aliphatic rings. The molecule has 2 atom stereocenters. The Balaban J connectivity index is 2.23. The molecule has 2 amide bonds. The number of hydrogen-bond acceptors (Lipinski definition) is 6. The number of carbonyl (C=O) groups is 2. The Morgan fingerprint density at radius 2 is 1.76 bits per heavy atom. The fourth-order valence-electron chi connectivity index (χ4n) is 3.94. The zero-order valence-electron chi connectivity index (χ0n) is 23.3. The third-order valence-electron chi connectivity index (χ3n) is 6.24. The predicted molar refractivity (Wildman–Crippen MR) is 150 cm³/mol. The number of nitrogens with one attached hydrogen (secondary N) is 1. The molecule has 0 aliphatic carbocycles. The largest absolute Gasteiger partial charge is 0.497 e. The minimum Gasteiger partial charge on any atom is -0.497 e. The summed E-state index contributed by atoms with van der Waals surface area (Å²) in [5.74, 6) is 0.635. The van der Waals surface area contributed by atoms with E-state index in [-0.39, 0.29) is 43.8 Å². The highest BCUT2D eigenvalue weighted by Crippen LogP contribution is 2.30. The molecular weight excluding hydrogens is 506 g/mol. The Kier molecular flexibility index (Phi) is 11.9. The minimum atomic E-state index is -3.63. The molecule has 0 saturated heterocycles. The van der Waals surface area contributed by atoms with E-state index in [4.69, 9.17) is 9.47 Å². The highest BCUT2D eigenvalue weighted by Gasteiger charge is 2.28. The highest BCUT2D eigenvalue weighted by atomic mass is 32.2. The Hall–Kier alpha value is -3.27. The second-order valence-electron chi connectivity index (χ2n) is 9.21. The first kappa shape index (κ1) is 31.0. The number of amides is 2. The number of hydrogen-bond donors (Lipinski definition) is 1. The third kappa shape index (κ3) is 8.93. The molecule has 0 saturated carbocycles. The van der Waals surface area contributed by atoms with Crippen molar-refractivity contribution in [2.75, 3.05) is 30.8 Å². The molecule has 0 fully saturated rings. The lowest BCUT2D eigenvalue weighted by molar-refractivity contribution is -0.140. The van der Waals surface area contributed by atoms with E-state index in [9.17, 15) is 18.0 Å². The number of anilines is 1. The predicted octanol–water partition coefficient (Wildman–Crippen LogP) is 3.97. The van der Waals surface area contributed by atoms with Gasteiger partial charge in [0.15, 0.2) is 0 Å². The third-order valence-corrected chi connectivity index (χ3v) is 7.42. The first-order valence-corrected chi connectivity index (χ1v) is 14.8. The van der Waals surface area contributed by atoms with Gasteiger partial charge in [-0.25, -0.2) is 8.42 Å². The van der Waals surface area contributed by atoms with E-state index < -0.39 is 16.1 Å². The molecule has 1 N–H and O–H groups in total. The molecule has 2 aromatic rings. The molecule has 2 rings (SSSR count). The SMILES string of the molecule is CCOc1ccccc1N(CCCC(=O)N(Cc1cccc(OC)c1)[C@@H](C)C(=O)N[C@@H](C)CC)S(C)(=O)=O. The van der Waals surface area contributed by atoms with Gasteiger partial charge in [-0.1, -0.05) is 31.2 Å². The number of sulfonamides is 1. The zero-order chi connectivity index (χ0) is 28.3. The van der Waals surface area contributed by atoms with Crippen molar-refractivity contribution in [3.8, 4) is 11.5 Å². The maximum absolute atomic E-state index is 13.5. The van der Waals surface area contributed by atoms with Gasteiger partial charge in [0.25, 0.3) is 0 Å². The molecule has 10 heteroatoms. The van der Waals surface area contributed by atoms with Gasteiger partial charge >= 0.3 is 0 Å². The summed E-state index contributed by atoms with van der Waals surface area (Å²) >= 11 is 0. The van der Waals surface area contributed by atoms with Crippen LogP contribution in [0.2, 0.25) is 0 Å². The van der Waals surface area contributed by atoms with E-state index in [1.165, 1.54) is 9.21 Å². The van der Waals surface area contributed by atoms with Gasteiger partial charge in [-0.15, -0.1) is 0 Å². The molecule has 2 aromatic carbocycles. The first-order valence-electron chi connectivity index (χ1n) is 12.9. The fraction of sp³-hybridized carbons (Fsp3) is 0.500. The van der Waals surface area contributed by atoms with E-state index in [0.29, 0.717) is 23.8 Å². The van der Waals surface area contributed by atoms with Gasteiger partial charge in [0.1, 0.15) is 17.5 Å². The van der Waals surface area contributed by atoms with Crippen LogP contribution in [0, 0.1) is 0 Å². The second kappa shape index (κ2) is 14.6. The molecule has 38 heavy (non-hydrogen) atoms. The molecular formula is C28H41N3O6S. The van der Waals surface area contributed by atoms with Crippen molar-refractivity contribution in [1.29, 1.82) is 0 Å². The summed E-state index contributed by atoms with van der Waals surface area (Å²) in [5.41, 5.74) is 1.25. The average molecular weight is 548 g/mol. The average Bonchev–Trinajstić information content (AvgIpc) is 2.89. The van der Waals surface area contributed by atoms with E-state index in [1.807, 2.05) is 45.0 Å². The summed E-state index contributed by atoms with van der Waals surface area (Å²) in [6.45, 7) is 8.13. The molecule has 0 aliphatic heterocycles. The Labute approximate surface area is 227 Å². The van der Waals surface area contributed by atoms with Crippen molar-refractivity contribution in [3.05, 3.63) is 54.1 Å². The smallest absolute Gasteiger partial charge is 0.242 e. The maximum Gasteiger partial charge on any atom is 0.242 e. The lowest BCUT2D eigenvalue weighted by atomic mass is 10.1. The van der Waals surface area contributed by atoms with Gasteiger partial charge in [0.2, 0.25) is 21.8 Å². The number of carbonyl (C=O) groups excluding carboxylic acids is 2. The van der Waals surface area contributed by atoms with Gasteiger partial charge in [0, 0.05) is 25.6 Å². The molecule has 0 bridgehead atoms. The van der Waals surface area contributed by atoms with Gasteiger partial charge in [-0.3, -0.25) is 13.9 Å². The van der Waals surface area contributed by atoms with Crippen molar-refractivity contribution in [2.24, 2.45) is 0 Å². The normalized spacial score (nSPS) is 12.8. The highest BCUT2D eigenvalue weighted by molar-refractivity contribution is 7.92. The van der Waals surface area contributed by atoms with Crippen LogP contribution in [0.5, 0.6) is 11.5 Å². The van der Waals surface area contributed by atoms with Crippen LogP contribution in [0.4, 0.5) is 5.69 Å². The van der Waals surface area contributed by atoms with Gasteiger partial charge in [-0.2, -0.15) is 0 Å². The Morgan fingerprint density at radius 1 is 1.05 bits per heavy atom. The minimum absolute atomic E-state index is 0.0209. The molecule has 0 radical (unpaired) electrons. The molecule has 0 unspecified atom stereocenters. The van der Waals surface area contributed by atoms with E-state index in [1.54, 1.807) is 38.3 Å². The van der Waals surface area contributed by atoms with Crippen LogP contribution in [-0.2, 0) is 26.2 Å². The quantitative estimate of drug-likeness (QED) is 0.362. The summed E-state index contributed by atoms with van der Waals surface area (Å²) in [5, 5.41) is 2.95. The molecule has 9 nitrogen and oxygen atoms in total. The van der Waals surface area contributed by atoms with Crippen LogP contribution in [0.25, 0.3) is 0 Å². The standard InChI is InChI=1S/C28H41N3O6S/c1-7-21(3)29-28(33)22(4)30(20-23-13-11-14-24(19-23)36-5)27(32)17-12-18-31(38(6,34)35)25-15-9-10-16-26(25)37-8-2/h9-11,13-16,19,21-22H,7-8,12,17-18,20H2,1-6H3,(H,29,33)/t21-,22-/m0/s1. The maximum atomic E-state index is 13.5. The van der Waals surface area contributed by atoms with Gasteiger partial charge in [0.05, 0.1) is 25.7 Å². The van der Waals surface area contributed by atoms with Crippen LogP contribution in [0.3, 0.4) is 0 Å². The number of para-hydroxylation sites is 2. The first-order chi connectivity index (χ1) is 18.0. The second-order valence-corrected chi connectivity index (χ2v) is 11.1. The number of rotatable bonds is 15. The zero-order valence-corrected chi connectivity index (χ0v) is 24.1. The van der Waals surface area contributed by atoms with Crippen molar-refractivity contribution >= 4 is 27.5 Å². The summed E-state index contributed by atoms with van der Waals surface area (Å²) < 4.78 is 37.5. The molecule has 0 spiro atoms. The number of ether oxygens (including phenoxy) is 2. The number of nitrogens with zero attached hydrogens (tertiary/aromatic N) is 2. The number of benzene rings is 2. The van der Waals surface area contributed by atoms with Gasteiger partial charge in [-0.05, 0) is 63.4 Å². The van der Waals surface area contributed by atoms with Crippen LogP contribution in [0.1, 0.15) is 52.5 Å². The summed E-state index contributed by atoms with van der Waals surface area (Å²) in [6.07, 6.45) is 2.23. The van der Waals surface area contributed by atoms with E-state index in [0.717, 1.165) is 18.2 Å². The van der Waals surface area contributed by atoms with Crippen molar-refractivity contribution in [1.82, 2.24) is 10.2 Å². The van der Waals surface area contributed by atoms with E-state index >= 15 is 0 Å². The molecule has 0 heterocycles.